The molecule has 0 aromatic carbocycles. The van der Waals surface area contributed by atoms with Crippen molar-refractivity contribution in [2.45, 2.75) is 117 Å². The van der Waals surface area contributed by atoms with Crippen molar-refractivity contribution < 1.29 is 19.2 Å². The average Bonchev–Trinajstić information content (AvgIpc) is 3.00. The van der Waals surface area contributed by atoms with Gasteiger partial charge in [0.15, 0.2) is 5.79 Å². The minimum absolute atomic E-state index is 0.0218. The maximum absolute atomic E-state index is 6.53. The molecule has 5 aliphatic rings. The standard InChI is InChI=1S/C27H46O4/c1-18-10-12-25(5)19(16-18)8-9-20-21-11-13-27(28-14-7-15-29-27)26(21,6)23(17-22(20)25)30-31-24(2,3)4/h18-23H,7-17H2,1-6H3/t18-,19-,20+,21+,22?,23?,25+,26-/m1/s1. The molecule has 0 aromatic rings. The van der Waals surface area contributed by atoms with E-state index in [9.17, 15) is 0 Å². The molecule has 0 N–H and O–H groups in total. The molecule has 4 heteroatoms. The smallest absolute Gasteiger partial charge is 0.176 e. The molecule has 1 heterocycles. The molecule has 1 aliphatic heterocycles. The summed E-state index contributed by atoms with van der Waals surface area (Å²) in [5, 5.41) is 0. The van der Waals surface area contributed by atoms with E-state index in [-0.39, 0.29) is 17.1 Å². The molecular weight excluding hydrogens is 388 g/mol. The summed E-state index contributed by atoms with van der Waals surface area (Å²) in [5.74, 6) is 3.36. The van der Waals surface area contributed by atoms with Crippen LogP contribution in [0.1, 0.15) is 99.3 Å². The fourth-order valence-electron chi connectivity index (χ4n) is 8.77. The first-order valence-corrected chi connectivity index (χ1v) is 13.2. The Hall–Kier alpha value is -0.160. The van der Waals surface area contributed by atoms with Crippen LogP contribution in [0.3, 0.4) is 0 Å². The first-order chi connectivity index (χ1) is 14.6. The minimum Gasteiger partial charge on any atom is -0.349 e. The Morgan fingerprint density at radius 2 is 1.61 bits per heavy atom. The molecular formula is C27H46O4. The molecule has 31 heavy (non-hydrogen) atoms. The molecule has 0 radical (unpaired) electrons. The van der Waals surface area contributed by atoms with E-state index >= 15 is 0 Å². The first kappa shape index (κ1) is 22.6. The second-order valence-electron chi connectivity index (χ2n) is 13.2. The number of ether oxygens (including phenoxy) is 2. The lowest BCUT2D eigenvalue weighted by Crippen LogP contribution is -2.64. The zero-order chi connectivity index (χ0) is 22.1. The molecule has 1 saturated heterocycles. The van der Waals surface area contributed by atoms with Gasteiger partial charge >= 0.3 is 0 Å². The van der Waals surface area contributed by atoms with Crippen molar-refractivity contribution in [2.24, 2.45) is 40.4 Å². The van der Waals surface area contributed by atoms with E-state index in [1.807, 2.05) is 0 Å². The predicted octanol–water partition coefficient (Wildman–Crippen LogP) is 6.52. The van der Waals surface area contributed by atoms with Crippen LogP contribution in [0.25, 0.3) is 0 Å². The van der Waals surface area contributed by atoms with Crippen LogP contribution in [0.2, 0.25) is 0 Å². The summed E-state index contributed by atoms with van der Waals surface area (Å²) < 4.78 is 13.1. The Bertz CT molecular complexity index is 665. The van der Waals surface area contributed by atoms with Crippen LogP contribution in [0.15, 0.2) is 0 Å². The van der Waals surface area contributed by atoms with Gasteiger partial charge in [-0.1, -0.05) is 27.2 Å². The van der Waals surface area contributed by atoms with Crippen molar-refractivity contribution >= 4 is 0 Å². The van der Waals surface area contributed by atoms with E-state index in [4.69, 9.17) is 19.2 Å². The summed E-state index contributed by atoms with van der Waals surface area (Å²) in [5.41, 5.74) is -0.0167. The lowest BCUT2D eigenvalue weighted by atomic mass is 9.44. The lowest BCUT2D eigenvalue weighted by molar-refractivity contribution is -0.431. The third-order valence-corrected chi connectivity index (χ3v) is 10.4. The quantitative estimate of drug-likeness (QED) is 0.366. The predicted molar refractivity (Wildman–Crippen MR) is 121 cm³/mol. The van der Waals surface area contributed by atoms with Crippen molar-refractivity contribution in [3.63, 3.8) is 0 Å². The highest BCUT2D eigenvalue weighted by molar-refractivity contribution is 5.15. The van der Waals surface area contributed by atoms with Crippen molar-refractivity contribution in [2.75, 3.05) is 13.2 Å². The molecule has 0 aromatic heterocycles. The van der Waals surface area contributed by atoms with Gasteiger partial charge in [-0.2, -0.15) is 0 Å². The second-order valence-corrected chi connectivity index (χ2v) is 13.2. The zero-order valence-corrected chi connectivity index (χ0v) is 20.9. The van der Waals surface area contributed by atoms with Gasteiger partial charge in [-0.05, 0) is 101 Å². The third-order valence-electron chi connectivity index (χ3n) is 10.4. The molecule has 178 valence electrons. The van der Waals surface area contributed by atoms with E-state index in [1.54, 1.807) is 0 Å². The molecule has 1 spiro atoms. The zero-order valence-electron chi connectivity index (χ0n) is 20.9. The fraction of sp³-hybridized carbons (Fsp3) is 1.00. The van der Waals surface area contributed by atoms with Gasteiger partial charge in [-0.25, -0.2) is 9.78 Å². The Balaban J connectivity index is 1.50. The average molecular weight is 435 g/mol. The van der Waals surface area contributed by atoms with Gasteiger partial charge in [-0.15, -0.1) is 0 Å². The Kier molecular flexibility index (Phi) is 5.61. The van der Waals surface area contributed by atoms with Crippen LogP contribution in [-0.4, -0.2) is 30.7 Å². The second kappa shape index (κ2) is 7.68. The summed E-state index contributed by atoms with van der Waals surface area (Å²) in [6.07, 6.45) is 11.3. The summed E-state index contributed by atoms with van der Waals surface area (Å²) in [7, 11) is 0. The van der Waals surface area contributed by atoms with Crippen LogP contribution >= 0.6 is 0 Å². The summed E-state index contributed by atoms with van der Waals surface area (Å²) in [6, 6.07) is 0. The molecule has 2 unspecified atom stereocenters. The Morgan fingerprint density at radius 1 is 0.871 bits per heavy atom. The largest absolute Gasteiger partial charge is 0.349 e. The Labute approximate surface area is 190 Å². The van der Waals surface area contributed by atoms with Crippen LogP contribution < -0.4 is 0 Å². The number of fused-ring (bicyclic) bond motifs is 6. The van der Waals surface area contributed by atoms with Crippen molar-refractivity contribution in [3.05, 3.63) is 0 Å². The lowest BCUT2D eigenvalue weighted by Gasteiger charge is -2.63. The third kappa shape index (κ3) is 3.45. The highest BCUT2D eigenvalue weighted by Gasteiger charge is 2.71. The first-order valence-electron chi connectivity index (χ1n) is 13.2. The van der Waals surface area contributed by atoms with Crippen LogP contribution in [0, 0.1) is 40.4 Å². The van der Waals surface area contributed by atoms with Crippen LogP contribution in [0.5, 0.6) is 0 Å². The number of hydrogen-bond acceptors (Lipinski definition) is 4. The fourth-order valence-corrected chi connectivity index (χ4v) is 8.77. The summed E-state index contributed by atoms with van der Waals surface area (Å²) in [4.78, 5) is 12.5. The maximum atomic E-state index is 6.53. The molecule has 4 saturated carbocycles. The number of rotatable bonds is 2. The van der Waals surface area contributed by atoms with Crippen LogP contribution in [-0.2, 0) is 19.2 Å². The molecule has 5 rings (SSSR count). The van der Waals surface area contributed by atoms with E-state index in [0.29, 0.717) is 11.3 Å². The van der Waals surface area contributed by atoms with Gasteiger partial charge in [0.05, 0.1) is 24.2 Å². The highest BCUT2D eigenvalue weighted by atomic mass is 17.2. The van der Waals surface area contributed by atoms with E-state index in [2.05, 4.69) is 41.5 Å². The summed E-state index contributed by atoms with van der Waals surface area (Å²) >= 11 is 0. The molecule has 4 nitrogen and oxygen atoms in total. The van der Waals surface area contributed by atoms with Gasteiger partial charge in [0.2, 0.25) is 0 Å². The molecule has 4 aliphatic carbocycles. The van der Waals surface area contributed by atoms with Gasteiger partial charge in [0.1, 0.15) is 6.10 Å². The molecule has 0 bridgehead atoms. The molecule has 0 amide bonds. The van der Waals surface area contributed by atoms with E-state index < -0.39 is 5.79 Å². The van der Waals surface area contributed by atoms with Crippen molar-refractivity contribution in [1.82, 2.24) is 0 Å². The topological polar surface area (TPSA) is 36.9 Å². The molecule has 5 fully saturated rings. The highest BCUT2D eigenvalue weighted by Crippen LogP contribution is 2.70. The SMILES string of the molecule is C[C@@H]1CC[C@]2(C)C3CC(OOC(C)(C)C)[C@@]4(C)[C@@H](CCC45OCCCO5)[C@@H]3CC[C@@H]2C1. The minimum atomic E-state index is -0.494. The van der Waals surface area contributed by atoms with Crippen molar-refractivity contribution in [1.29, 1.82) is 0 Å². The van der Waals surface area contributed by atoms with E-state index in [0.717, 1.165) is 56.1 Å². The monoisotopic (exact) mass is 434 g/mol. The summed E-state index contributed by atoms with van der Waals surface area (Å²) in [6.45, 7) is 15.4. The van der Waals surface area contributed by atoms with Gasteiger partial charge in [0, 0.05) is 6.42 Å². The van der Waals surface area contributed by atoms with Crippen molar-refractivity contribution in [3.8, 4) is 0 Å². The number of hydrogen-bond donors (Lipinski definition) is 0. The van der Waals surface area contributed by atoms with Crippen LogP contribution in [0.4, 0.5) is 0 Å². The van der Waals surface area contributed by atoms with Gasteiger partial charge in [-0.3, -0.25) is 0 Å². The van der Waals surface area contributed by atoms with E-state index in [1.165, 1.54) is 38.5 Å². The maximum Gasteiger partial charge on any atom is 0.176 e. The van der Waals surface area contributed by atoms with Gasteiger partial charge in [0.25, 0.3) is 0 Å². The molecule has 8 atom stereocenters. The Morgan fingerprint density at radius 3 is 2.32 bits per heavy atom. The normalized spacial score (nSPS) is 49.4. The van der Waals surface area contributed by atoms with Gasteiger partial charge < -0.3 is 9.47 Å².